The van der Waals surface area contributed by atoms with Crippen LogP contribution in [0, 0.1) is 23.7 Å². The average Bonchev–Trinajstić information content (AvgIpc) is 3.56. The first-order valence-corrected chi connectivity index (χ1v) is 12.7. The molecule has 5 rings (SSSR count). The van der Waals surface area contributed by atoms with Gasteiger partial charge in [-0.05, 0) is 74.1 Å². The van der Waals surface area contributed by atoms with Gasteiger partial charge in [-0.15, -0.1) is 0 Å². The largest absolute Gasteiger partial charge is 0.462 e. The van der Waals surface area contributed by atoms with Gasteiger partial charge in [-0.2, -0.15) is 0 Å². The minimum absolute atomic E-state index is 0.0872. The van der Waals surface area contributed by atoms with E-state index in [0.717, 1.165) is 12.8 Å². The molecule has 1 aliphatic heterocycles. The summed E-state index contributed by atoms with van der Waals surface area (Å²) in [5.41, 5.74) is 2.40. The van der Waals surface area contributed by atoms with Crippen molar-refractivity contribution in [3.63, 3.8) is 0 Å². The fourth-order valence-corrected chi connectivity index (χ4v) is 5.68. The van der Waals surface area contributed by atoms with E-state index in [0.29, 0.717) is 23.5 Å². The molecule has 2 aromatic carbocycles. The number of benzene rings is 2. The van der Waals surface area contributed by atoms with Crippen LogP contribution in [0.15, 0.2) is 60.2 Å². The molecule has 38 heavy (non-hydrogen) atoms. The van der Waals surface area contributed by atoms with Crippen molar-refractivity contribution in [3.8, 4) is 0 Å². The zero-order valence-corrected chi connectivity index (χ0v) is 21.1. The van der Waals surface area contributed by atoms with Gasteiger partial charge in [0.25, 0.3) is 5.91 Å². The van der Waals surface area contributed by atoms with Crippen molar-refractivity contribution in [2.24, 2.45) is 23.7 Å². The van der Waals surface area contributed by atoms with Crippen molar-refractivity contribution in [2.45, 2.75) is 26.7 Å². The van der Waals surface area contributed by atoms with Crippen molar-refractivity contribution in [1.82, 2.24) is 0 Å². The molecule has 0 aromatic heterocycles. The second-order valence-corrected chi connectivity index (χ2v) is 9.87. The molecule has 1 heterocycles. The van der Waals surface area contributed by atoms with Crippen molar-refractivity contribution in [2.75, 3.05) is 23.4 Å². The Morgan fingerprint density at radius 2 is 1.66 bits per heavy atom. The van der Waals surface area contributed by atoms with Crippen molar-refractivity contribution in [3.05, 3.63) is 71.3 Å². The van der Waals surface area contributed by atoms with Gasteiger partial charge in [-0.25, -0.2) is 14.5 Å². The van der Waals surface area contributed by atoms with Crippen molar-refractivity contribution < 1.29 is 33.4 Å². The van der Waals surface area contributed by atoms with Crippen LogP contribution in [-0.4, -0.2) is 42.9 Å². The number of nitrogens with one attached hydrogen (secondary N) is 1. The normalized spacial score (nSPS) is 23.2. The SMILES string of the molecule is CCCOC(=O)c1ccc(NC(=O)COC(=O)c2cccc(N3C(=O)[C@@H]4[C@@H](C3=O)[C@H]3C=C(C)[C@H]4C3)c2)cc1. The maximum absolute atomic E-state index is 13.2. The number of nitrogens with zero attached hydrogens (tertiary/aromatic N) is 1. The summed E-state index contributed by atoms with van der Waals surface area (Å²) < 4.78 is 10.2. The molecule has 196 valence electrons. The van der Waals surface area contributed by atoms with Crippen LogP contribution in [0.5, 0.6) is 0 Å². The summed E-state index contributed by atoms with van der Waals surface area (Å²) in [6.07, 6.45) is 3.67. The topological polar surface area (TPSA) is 119 Å². The van der Waals surface area contributed by atoms with Gasteiger partial charge in [0, 0.05) is 5.69 Å². The van der Waals surface area contributed by atoms with Crippen LogP contribution in [-0.2, 0) is 23.9 Å². The summed E-state index contributed by atoms with van der Waals surface area (Å²) in [6, 6.07) is 12.3. The van der Waals surface area contributed by atoms with E-state index in [4.69, 9.17) is 9.47 Å². The number of hydrogen-bond acceptors (Lipinski definition) is 7. The molecular formula is C29H28N2O7. The lowest BCUT2D eigenvalue weighted by molar-refractivity contribution is -0.123. The number of hydrogen-bond donors (Lipinski definition) is 1. The van der Waals surface area contributed by atoms with Crippen LogP contribution >= 0.6 is 0 Å². The number of carbonyl (C=O) groups excluding carboxylic acids is 5. The maximum Gasteiger partial charge on any atom is 0.338 e. The molecule has 2 fully saturated rings. The lowest BCUT2D eigenvalue weighted by Crippen LogP contribution is -2.33. The monoisotopic (exact) mass is 516 g/mol. The Morgan fingerprint density at radius 1 is 0.947 bits per heavy atom. The highest BCUT2D eigenvalue weighted by Gasteiger charge is 2.60. The number of amides is 3. The zero-order chi connectivity index (χ0) is 27.0. The third-order valence-corrected chi connectivity index (χ3v) is 7.40. The van der Waals surface area contributed by atoms with E-state index in [9.17, 15) is 24.0 Å². The van der Waals surface area contributed by atoms with Gasteiger partial charge >= 0.3 is 11.9 Å². The lowest BCUT2D eigenvalue weighted by atomic mass is 9.82. The molecule has 2 bridgehead atoms. The summed E-state index contributed by atoms with van der Waals surface area (Å²) in [6.45, 7) is 3.70. The predicted molar refractivity (Wildman–Crippen MR) is 137 cm³/mol. The summed E-state index contributed by atoms with van der Waals surface area (Å²) in [5.74, 6) is -2.71. The van der Waals surface area contributed by atoms with Gasteiger partial charge in [0.1, 0.15) is 0 Å². The second-order valence-electron chi connectivity index (χ2n) is 9.87. The molecular weight excluding hydrogens is 488 g/mol. The Balaban J connectivity index is 1.18. The third-order valence-electron chi connectivity index (χ3n) is 7.40. The smallest absolute Gasteiger partial charge is 0.338 e. The third kappa shape index (κ3) is 4.60. The van der Waals surface area contributed by atoms with Crippen LogP contribution < -0.4 is 10.2 Å². The molecule has 1 N–H and O–H groups in total. The molecule has 0 spiro atoms. The molecule has 1 saturated heterocycles. The van der Waals surface area contributed by atoms with Gasteiger partial charge in [0.15, 0.2) is 6.61 Å². The molecule has 2 aromatic rings. The minimum Gasteiger partial charge on any atom is -0.462 e. The van der Waals surface area contributed by atoms with Gasteiger partial charge < -0.3 is 14.8 Å². The van der Waals surface area contributed by atoms with E-state index in [1.54, 1.807) is 24.3 Å². The first kappa shape index (κ1) is 25.4. The van der Waals surface area contributed by atoms with E-state index in [1.165, 1.54) is 34.7 Å². The average molecular weight is 517 g/mol. The molecule has 4 atom stereocenters. The minimum atomic E-state index is -0.757. The van der Waals surface area contributed by atoms with Crippen LogP contribution in [0.25, 0.3) is 0 Å². The second kappa shape index (κ2) is 10.2. The molecule has 2 aliphatic carbocycles. The number of allylic oxidation sites excluding steroid dienone is 2. The Kier molecular flexibility index (Phi) is 6.84. The predicted octanol–water partition coefficient (Wildman–Crippen LogP) is 3.75. The molecule has 3 amide bonds. The number of rotatable bonds is 8. The Bertz CT molecular complexity index is 1350. The Morgan fingerprint density at radius 3 is 2.39 bits per heavy atom. The van der Waals surface area contributed by atoms with E-state index < -0.39 is 24.5 Å². The van der Waals surface area contributed by atoms with Crippen molar-refractivity contribution >= 4 is 41.0 Å². The van der Waals surface area contributed by atoms with E-state index in [1.807, 2.05) is 13.8 Å². The maximum atomic E-state index is 13.2. The van der Waals surface area contributed by atoms with Crippen LogP contribution in [0.4, 0.5) is 11.4 Å². The molecule has 3 aliphatic rings. The number of esters is 2. The van der Waals surface area contributed by atoms with Gasteiger partial charge in [0.2, 0.25) is 11.8 Å². The first-order chi connectivity index (χ1) is 18.3. The molecule has 9 heteroatoms. The lowest BCUT2D eigenvalue weighted by Gasteiger charge is -2.19. The molecule has 9 nitrogen and oxygen atoms in total. The summed E-state index contributed by atoms with van der Waals surface area (Å²) in [7, 11) is 0. The van der Waals surface area contributed by atoms with Gasteiger partial charge in [-0.3, -0.25) is 14.4 Å². The number of fused-ring (bicyclic) bond motifs is 5. The van der Waals surface area contributed by atoms with Crippen LogP contribution in [0.1, 0.15) is 47.4 Å². The Hall–Kier alpha value is -4.27. The van der Waals surface area contributed by atoms with Crippen molar-refractivity contribution in [1.29, 1.82) is 0 Å². The summed E-state index contributed by atoms with van der Waals surface area (Å²) in [4.78, 5) is 64.3. The highest BCUT2D eigenvalue weighted by atomic mass is 16.5. The standard InChI is InChI=1S/C29H28N2O7/c1-3-11-37-28(35)17-7-9-20(10-8-17)30-23(32)15-38-29(36)18-5-4-6-21(13-18)31-26(33)24-19-12-16(2)22(14-19)25(24)27(31)34/h4-10,12-13,19,22,24-25H,3,11,14-15H2,1-2H3,(H,30,32)/t19-,22+,24-,25-/m0/s1. The van der Waals surface area contributed by atoms with E-state index in [2.05, 4.69) is 11.4 Å². The molecule has 0 radical (unpaired) electrons. The number of anilines is 2. The first-order valence-electron chi connectivity index (χ1n) is 12.7. The highest BCUT2D eigenvalue weighted by Crippen LogP contribution is 2.55. The summed E-state index contributed by atoms with van der Waals surface area (Å²) >= 11 is 0. The number of ether oxygens (including phenoxy) is 2. The summed E-state index contributed by atoms with van der Waals surface area (Å²) in [5, 5.41) is 2.60. The van der Waals surface area contributed by atoms with Crippen LogP contribution in [0.2, 0.25) is 0 Å². The molecule has 1 saturated carbocycles. The fraction of sp³-hybridized carbons (Fsp3) is 0.345. The Labute approximate surface area is 219 Å². The molecule has 0 unspecified atom stereocenters. The van der Waals surface area contributed by atoms with E-state index in [-0.39, 0.29) is 41.0 Å². The van der Waals surface area contributed by atoms with Gasteiger partial charge in [-0.1, -0.05) is 24.6 Å². The fourth-order valence-electron chi connectivity index (χ4n) is 5.68. The van der Waals surface area contributed by atoms with E-state index >= 15 is 0 Å². The zero-order valence-electron chi connectivity index (χ0n) is 21.1. The number of carbonyl (C=O) groups is 5. The van der Waals surface area contributed by atoms with Crippen LogP contribution in [0.3, 0.4) is 0 Å². The highest BCUT2D eigenvalue weighted by molar-refractivity contribution is 6.23. The number of imide groups is 1. The van der Waals surface area contributed by atoms with Gasteiger partial charge in [0.05, 0.1) is 35.3 Å². The quantitative estimate of drug-likeness (QED) is 0.322.